The van der Waals surface area contributed by atoms with Crippen molar-refractivity contribution >= 4 is 82.5 Å². The minimum atomic E-state index is -4.96. The number of amidine groups is 1. The van der Waals surface area contributed by atoms with Crippen LogP contribution in [0.4, 0.5) is 11.6 Å². The fraction of sp³-hybridized carbons (Fsp3) is 0. The Hall–Kier alpha value is -3.83. The van der Waals surface area contributed by atoms with Crippen molar-refractivity contribution < 1.29 is 60.8 Å². The Balaban J connectivity index is 0.00000576. The second-order valence-corrected chi connectivity index (χ2v) is 13.2. The third kappa shape index (κ3) is 9.35. The number of rotatable bonds is 9. The van der Waals surface area contributed by atoms with Crippen LogP contribution in [0.3, 0.4) is 0 Å². The van der Waals surface area contributed by atoms with Crippen LogP contribution in [0.5, 0.6) is 0 Å². The SMILES string of the molecule is O=C1C(NN/C(=N\[N-]c2cc(S(=O)(=O)O)ccc2S(=O)(=O)O)c2ccccc2)=CC(S(=O)(=O)O)=C/C1=N\c1nc(Cl)nc(Cl)n1.[Cu+]. The average molecular weight is 782 g/mol. The fourth-order valence-electron chi connectivity index (χ4n) is 3.32. The van der Waals surface area contributed by atoms with Crippen molar-refractivity contribution in [2.75, 3.05) is 0 Å². The van der Waals surface area contributed by atoms with Gasteiger partial charge in [-0.15, -0.1) is 0 Å². The normalized spacial score (nSPS) is 15.0. The van der Waals surface area contributed by atoms with E-state index < -0.39 is 73.9 Å². The van der Waals surface area contributed by atoms with Gasteiger partial charge in [-0.3, -0.25) is 29.3 Å². The van der Waals surface area contributed by atoms with Gasteiger partial charge >= 0.3 is 17.1 Å². The van der Waals surface area contributed by atoms with E-state index in [-0.39, 0.29) is 39.0 Å². The molecule has 1 aliphatic carbocycles. The van der Waals surface area contributed by atoms with E-state index in [1.807, 2.05) is 0 Å². The Bertz CT molecular complexity index is 2140. The first-order chi connectivity index (χ1) is 20.9. The first-order valence-electron chi connectivity index (χ1n) is 11.5. The zero-order chi connectivity index (χ0) is 33.2. The van der Waals surface area contributed by atoms with E-state index in [4.69, 9.17) is 23.2 Å². The molecule has 1 aromatic heterocycles. The van der Waals surface area contributed by atoms with Crippen LogP contribution in [-0.2, 0) is 52.2 Å². The minimum Gasteiger partial charge on any atom is -0.573 e. The maximum absolute atomic E-state index is 13.2. The number of hydrogen-bond donors (Lipinski definition) is 5. The van der Waals surface area contributed by atoms with Crippen LogP contribution in [0, 0.1) is 0 Å². The summed E-state index contributed by atoms with van der Waals surface area (Å²) < 4.78 is 99.4. The molecular weight excluding hydrogens is 767 g/mol. The van der Waals surface area contributed by atoms with E-state index in [9.17, 15) is 43.7 Å². The molecular formula is C22H15Cl2CuN8O10S3. The summed E-state index contributed by atoms with van der Waals surface area (Å²) >= 11 is 11.4. The molecule has 3 aromatic rings. The Kier molecular flexibility index (Phi) is 11.4. The van der Waals surface area contributed by atoms with Crippen LogP contribution in [0.1, 0.15) is 5.56 Å². The Morgan fingerprint density at radius 2 is 1.46 bits per heavy atom. The summed E-state index contributed by atoms with van der Waals surface area (Å²) in [5.41, 5.74) is 6.95. The molecule has 0 unspecified atom stereocenters. The molecule has 0 saturated heterocycles. The van der Waals surface area contributed by atoms with E-state index in [2.05, 4.69) is 41.3 Å². The number of nitrogens with one attached hydrogen (secondary N) is 2. The number of ketones is 1. The molecule has 0 spiro atoms. The number of Topliss-reactive ketones (excluding diaryl/α,β-unsaturated/α-hetero) is 1. The zero-order valence-corrected chi connectivity index (χ0v) is 26.8. The minimum absolute atomic E-state index is 0. The number of carbonyl (C=O) groups excluding carboxylic acids is 1. The number of allylic oxidation sites excluding steroid dienone is 3. The third-order valence-electron chi connectivity index (χ3n) is 5.26. The standard InChI is InChI=1S/C22H16Cl2N8O10S3.Cu/c23-20-26-21(24)28-22(27-20)25-15-9-13(44(37,38)39)10-16(18(15)33)30-32-19(11-4-2-1-3-5-11)31-29-14-8-12(43(34,35)36)6-7-17(14)45(40,41)42;/h1-10H,(H6,25,26,27,28,29,30,31,32,33,34,35,36,37,38,39,40,41,42);/q;+1/p-1. The van der Waals surface area contributed by atoms with E-state index in [1.165, 1.54) is 12.1 Å². The van der Waals surface area contributed by atoms with Crippen molar-refractivity contribution in [1.29, 1.82) is 0 Å². The van der Waals surface area contributed by atoms with E-state index in [1.54, 1.807) is 18.2 Å². The summed E-state index contributed by atoms with van der Waals surface area (Å²) in [6.07, 6.45) is 1.46. The first-order valence-corrected chi connectivity index (χ1v) is 16.6. The van der Waals surface area contributed by atoms with Crippen LogP contribution in [0.2, 0.25) is 10.6 Å². The number of carbonyl (C=O) groups is 1. The van der Waals surface area contributed by atoms with Gasteiger partial charge < -0.3 is 10.5 Å². The third-order valence-corrected chi connectivity index (χ3v) is 8.18. The predicted octanol–water partition coefficient (Wildman–Crippen LogP) is 2.14. The molecule has 2 aromatic carbocycles. The van der Waals surface area contributed by atoms with Gasteiger partial charge in [0, 0.05) is 5.56 Å². The molecule has 5 N–H and O–H groups in total. The van der Waals surface area contributed by atoms with Crippen molar-refractivity contribution in [1.82, 2.24) is 25.8 Å². The van der Waals surface area contributed by atoms with Gasteiger partial charge in [-0.2, -0.15) is 40.2 Å². The van der Waals surface area contributed by atoms with Gasteiger partial charge in [0.25, 0.3) is 36.3 Å². The number of hydrogen-bond acceptors (Lipinski definition) is 13. The summed E-state index contributed by atoms with van der Waals surface area (Å²) in [6.45, 7) is 0. The van der Waals surface area contributed by atoms with Crippen molar-refractivity contribution in [2.45, 2.75) is 9.79 Å². The first kappa shape index (κ1) is 36.6. The molecule has 0 aliphatic heterocycles. The molecule has 0 amide bonds. The van der Waals surface area contributed by atoms with Crippen molar-refractivity contribution in [2.24, 2.45) is 10.1 Å². The topological polar surface area (TPSA) is 282 Å². The zero-order valence-electron chi connectivity index (χ0n) is 21.9. The monoisotopic (exact) mass is 780 g/mol. The second kappa shape index (κ2) is 14.3. The summed E-state index contributed by atoms with van der Waals surface area (Å²) in [6, 6.07) is 9.67. The maximum Gasteiger partial charge on any atom is 1.00 e. The van der Waals surface area contributed by atoms with Crippen LogP contribution in [-0.4, -0.2) is 71.2 Å². The van der Waals surface area contributed by atoms with E-state index in [0.717, 1.165) is 12.2 Å². The fourth-order valence-corrected chi connectivity index (χ4v) is 5.31. The summed E-state index contributed by atoms with van der Waals surface area (Å²) in [5, 5.41) is 3.07. The smallest absolute Gasteiger partial charge is 0.573 e. The second-order valence-electron chi connectivity index (χ2n) is 8.32. The molecule has 24 heteroatoms. The molecule has 1 heterocycles. The van der Waals surface area contributed by atoms with Gasteiger partial charge in [0.15, 0.2) is 0 Å². The molecule has 18 nitrogen and oxygen atoms in total. The molecule has 0 atom stereocenters. The predicted molar refractivity (Wildman–Crippen MR) is 158 cm³/mol. The van der Waals surface area contributed by atoms with Crippen LogP contribution < -0.4 is 10.9 Å². The largest absolute Gasteiger partial charge is 1.00 e. The van der Waals surface area contributed by atoms with E-state index in [0.29, 0.717) is 18.2 Å². The Morgan fingerprint density at radius 1 is 0.826 bits per heavy atom. The van der Waals surface area contributed by atoms with Crippen molar-refractivity contribution in [3.8, 4) is 0 Å². The molecule has 0 radical (unpaired) electrons. The molecule has 0 fully saturated rings. The molecule has 246 valence electrons. The summed E-state index contributed by atoms with van der Waals surface area (Å²) in [7, 11) is -14.7. The van der Waals surface area contributed by atoms with Gasteiger partial charge in [0.2, 0.25) is 16.4 Å². The van der Waals surface area contributed by atoms with Gasteiger partial charge in [-0.1, -0.05) is 42.1 Å². The average Bonchev–Trinajstić information content (AvgIpc) is 2.93. The van der Waals surface area contributed by atoms with Gasteiger partial charge in [-0.25, -0.2) is 4.99 Å². The number of aromatic nitrogens is 3. The molecule has 0 bridgehead atoms. The Morgan fingerprint density at radius 3 is 2.02 bits per heavy atom. The van der Waals surface area contributed by atoms with Gasteiger partial charge in [0.1, 0.15) is 17.2 Å². The number of halogens is 2. The number of aliphatic imine (C=N–C) groups is 1. The maximum atomic E-state index is 13.2. The quantitative estimate of drug-likeness (QED) is 0.0519. The summed E-state index contributed by atoms with van der Waals surface area (Å²) in [5.74, 6) is -1.72. The van der Waals surface area contributed by atoms with Gasteiger partial charge in [-0.05, 0) is 47.5 Å². The number of hydrazine groups is 1. The van der Waals surface area contributed by atoms with Crippen LogP contribution >= 0.6 is 23.2 Å². The van der Waals surface area contributed by atoms with Gasteiger partial charge in [0.05, 0.1) is 14.7 Å². The van der Waals surface area contributed by atoms with Crippen molar-refractivity contribution in [3.63, 3.8) is 0 Å². The van der Waals surface area contributed by atoms with E-state index >= 15 is 0 Å². The summed E-state index contributed by atoms with van der Waals surface area (Å²) in [4.78, 5) is 25.4. The number of nitrogens with zero attached hydrogens (tertiary/aromatic N) is 6. The van der Waals surface area contributed by atoms with Crippen molar-refractivity contribution in [3.05, 3.63) is 92.8 Å². The molecule has 0 saturated carbocycles. The van der Waals surface area contributed by atoms with Crippen LogP contribution in [0.25, 0.3) is 5.43 Å². The molecule has 4 rings (SSSR count). The molecule has 1 aliphatic rings. The number of benzene rings is 2. The molecule has 46 heavy (non-hydrogen) atoms. The van der Waals surface area contributed by atoms with Crippen LogP contribution in [0.15, 0.2) is 91.2 Å². The Labute approximate surface area is 280 Å².